The maximum Gasteiger partial charge on any atom is 0.186 e. The van der Waals surface area contributed by atoms with Crippen LogP contribution < -0.4 is 9.47 Å². The smallest absolute Gasteiger partial charge is 0.186 e. The van der Waals surface area contributed by atoms with Gasteiger partial charge in [-0.15, -0.1) is 0 Å². The summed E-state index contributed by atoms with van der Waals surface area (Å²) in [5.74, 6) is 0.302. The Kier molecular flexibility index (Phi) is 4.45. The van der Waals surface area contributed by atoms with E-state index in [1.54, 1.807) is 26.4 Å². The van der Waals surface area contributed by atoms with Gasteiger partial charge in [0.2, 0.25) is 0 Å². The highest BCUT2D eigenvalue weighted by Gasteiger charge is 2.17. The number of benzene rings is 2. The number of aliphatic hydroxyl groups excluding tert-OH is 2. The fourth-order valence-electron chi connectivity index (χ4n) is 3.11. The lowest BCUT2D eigenvalue weighted by atomic mass is 10.1. The second-order valence-corrected chi connectivity index (χ2v) is 6.15. The van der Waals surface area contributed by atoms with Crippen molar-refractivity contribution in [2.24, 2.45) is 0 Å². The molecule has 0 fully saturated rings. The molecule has 0 amide bonds. The molecule has 6 nitrogen and oxygen atoms in total. The molecule has 6 heteroatoms. The monoisotopic (exact) mass is 374 g/mol. The van der Waals surface area contributed by atoms with Crippen molar-refractivity contribution in [2.75, 3.05) is 14.2 Å². The molecular formula is C22H18N2O4. The van der Waals surface area contributed by atoms with Crippen LogP contribution in [0.15, 0.2) is 60.7 Å². The number of fused-ring (bicyclic) bond motifs is 2. The third-order valence-electron chi connectivity index (χ3n) is 4.51. The lowest BCUT2D eigenvalue weighted by molar-refractivity contribution is 0.416. The van der Waals surface area contributed by atoms with Gasteiger partial charge in [-0.3, -0.25) is 0 Å². The Morgan fingerprint density at radius 1 is 0.679 bits per heavy atom. The zero-order valence-corrected chi connectivity index (χ0v) is 15.4. The Bertz CT molecular complexity index is 1120. The number of hydrogen-bond donors (Lipinski definition) is 2. The van der Waals surface area contributed by atoms with E-state index in [1.165, 1.54) is 0 Å². The number of para-hydroxylation sites is 2. The fraction of sp³-hybridized carbons (Fsp3) is 0.0909. The van der Waals surface area contributed by atoms with Crippen LogP contribution in [-0.4, -0.2) is 34.4 Å². The molecule has 4 rings (SSSR count). The van der Waals surface area contributed by atoms with Crippen molar-refractivity contribution in [1.29, 1.82) is 0 Å². The fourth-order valence-corrected chi connectivity index (χ4v) is 3.11. The topological polar surface area (TPSA) is 84.7 Å². The van der Waals surface area contributed by atoms with Crippen LogP contribution in [0.1, 0.15) is 11.4 Å². The molecule has 140 valence electrons. The first-order valence-corrected chi connectivity index (χ1v) is 8.63. The molecular weight excluding hydrogens is 356 g/mol. The Balaban J connectivity index is 1.89. The van der Waals surface area contributed by atoms with Crippen molar-refractivity contribution >= 4 is 33.3 Å². The van der Waals surface area contributed by atoms with Crippen molar-refractivity contribution in [3.05, 3.63) is 72.1 Å². The van der Waals surface area contributed by atoms with E-state index in [-0.39, 0.29) is 11.4 Å². The molecule has 0 aliphatic rings. The lowest BCUT2D eigenvalue weighted by Crippen LogP contribution is -1.99. The highest BCUT2D eigenvalue weighted by atomic mass is 16.5. The maximum atomic E-state index is 10.7. The van der Waals surface area contributed by atoms with Crippen LogP contribution in [0.25, 0.3) is 33.3 Å². The summed E-state index contributed by atoms with van der Waals surface area (Å²) >= 11 is 0. The average molecular weight is 374 g/mol. The molecule has 2 aromatic heterocycles. The van der Waals surface area contributed by atoms with Crippen molar-refractivity contribution in [1.82, 2.24) is 9.97 Å². The standard InChI is InChI=1S/C22H18N2O4/c1-27-19-11-17(23-15-9-5-3-7-13(15)19)21(25)22(26)18-12-20(28-2)14-8-4-6-10-16(14)24-18/h3-12,25-26H,1-2H3/b22-21+. The molecule has 0 bridgehead atoms. The van der Waals surface area contributed by atoms with Gasteiger partial charge in [-0.05, 0) is 24.3 Å². The van der Waals surface area contributed by atoms with E-state index in [2.05, 4.69) is 9.97 Å². The number of hydrogen-bond acceptors (Lipinski definition) is 6. The van der Waals surface area contributed by atoms with Gasteiger partial charge in [0.1, 0.15) is 22.9 Å². The minimum absolute atomic E-state index is 0.182. The largest absolute Gasteiger partial charge is 0.503 e. The van der Waals surface area contributed by atoms with Gasteiger partial charge in [-0.2, -0.15) is 0 Å². The van der Waals surface area contributed by atoms with Gasteiger partial charge in [0.15, 0.2) is 11.5 Å². The van der Waals surface area contributed by atoms with Gasteiger partial charge in [-0.25, -0.2) is 9.97 Å². The number of aliphatic hydroxyl groups is 2. The van der Waals surface area contributed by atoms with E-state index in [9.17, 15) is 10.2 Å². The van der Waals surface area contributed by atoms with E-state index < -0.39 is 11.5 Å². The van der Waals surface area contributed by atoms with Gasteiger partial charge in [0.05, 0.1) is 25.3 Å². The van der Waals surface area contributed by atoms with Gasteiger partial charge in [0.25, 0.3) is 0 Å². The quantitative estimate of drug-likeness (QED) is 0.502. The highest BCUT2D eigenvalue weighted by molar-refractivity contribution is 5.91. The Morgan fingerprint density at radius 3 is 1.46 bits per heavy atom. The predicted molar refractivity (Wildman–Crippen MR) is 109 cm³/mol. The van der Waals surface area contributed by atoms with Crippen molar-refractivity contribution in [2.45, 2.75) is 0 Å². The minimum Gasteiger partial charge on any atom is -0.503 e. The third-order valence-corrected chi connectivity index (χ3v) is 4.51. The Labute approximate surface area is 161 Å². The van der Waals surface area contributed by atoms with Crippen molar-refractivity contribution in [3.63, 3.8) is 0 Å². The Hall–Kier alpha value is -3.80. The summed E-state index contributed by atoms with van der Waals surface area (Å²) in [4.78, 5) is 8.86. The normalized spacial score (nSPS) is 12.1. The molecule has 4 aromatic rings. The molecule has 2 heterocycles. The highest BCUT2D eigenvalue weighted by Crippen LogP contribution is 2.32. The average Bonchev–Trinajstić information content (AvgIpc) is 2.76. The number of rotatable bonds is 4. The van der Waals surface area contributed by atoms with Crippen LogP contribution in [-0.2, 0) is 0 Å². The van der Waals surface area contributed by atoms with Crippen LogP contribution in [0.4, 0.5) is 0 Å². The third kappa shape index (κ3) is 2.95. The number of methoxy groups -OCH3 is 2. The number of pyridine rings is 2. The summed E-state index contributed by atoms with van der Waals surface area (Å²) in [6, 6.07) is 18.0. The van der Waals surface area contributed by atoms with Crippen LogP contribution in [0.5, 0.6) is 11.5 Å². The maximum absolute atomic E-state index is 10.7. The molecule has 0 saturated carbocycles. The number of aromatic nitrogens is 2. The molecule has 0 spiro atoms. The molecule has 0 aliphatic heterocycles. The molecule has 0 radical (unpaired) electrons. The van der Waals surface area contributed by atoms with Crippen molar-refractivity contribution < 1.29 is 19.7 Å². The summed E-state index contributed by atoms with van der Waals surface area (Å²) in [7, 11) is 3.09. The molecule has 0 saturated heterocycles. The van der Waals surface area contributed by atoms with Gasteiger partial charge < -0.3 is 19.7 Å². The van der Waals surface area contributed by atoms with E-state index >= 15 is 0 Å². The summed E-state index contributed by atoms with van der Waals surface area (Å²) in [6.07, 6.45) is 0. The van der Waals surface area contributed by atoms with Gasteiger partial charge >= 0.3 is 0 Å². The summed E-state index contributed by atoms with van der Waals surface area (Å²) in [5, 5.41) is 23.0. The molecule has 2 N–H and O–H groups in total. The van der Waals surface area contributed by atoms with Crippen LogP contribution in [0.2, 0.25) is 0 Å². The first-order chi connectivity index (χ1) is 13.6. The van der Waals surface area contributed by atoms with Gasteiger partial charge in [0, 0.05) is 22.9 Å². The second kappa shape index (κ2) is 7.08. The SMILES string of the molecule is COc1cc(/C(O)=C(\O)c2cc(OC)c3ccccc3n2)nc2ccccc12. The Morgan fingerprint density at radius 2 is 1.07 bits per heavy atom. The van der Waals surface area contributed by atoms with Crippen molar-refractivity contribution in [3.8, 4) is 11.5 Å². The van der Waals surface area contributed by atoms with E-state index in [0.29, 0.717) is 22.5 Å². The number of nitrogens with zero attached hydrogens (tertiary/aromatic N) is 2. The zero-order chi connectivity index (χ0) is 19.7. The second-order valence-electron chi connectivity index (χ2n) is 6.15. The van der Waals surface area contributed by atoms with Gasteiger partial charge in [-0.1, -0.05) is 24.3 Å². The van der Waals surface area contributed by atoms with Crippen LogP contribution >= 0.6 is 0 Å². The first-order valence-electron chi connectivity index (χ1n) is 8.63. The van der Waals surface area contributed by atoms with Crippen LogP contribution in [0, 0.1) is 0 Å². The molecule has 0 aliphatic carbocycles. The number of ether oxygens (including phenoxy) is 2. The zero-order valence-electron chi connectivity index (χ0n) is 15.4. The lowest BCUT2D eigenvalue weighted by Gasteiger charge is -2.11. The molecule has 0 unspecified atom stereocenters. The first kappa shape index (κ1) is 17.6. The van der Waals surface area contributed by atoms with E-state index in [1.807, 2.05) is 48.5 Å². The summed E-state index contributed by atoms with van der Waals surface area (Å²) in [6.45, 7) is 0. The minimum atomic E-state index is -0.395. The van der Waals surface area contributed by atoms with Crippen LogP contribution in [0.3, 0.4) is 0 Å². The van der Waals surface area contributed by atoms with E-state index in [4.69, 9.17) is 9.47 Å². The predicted octanol–water partition coefficient (Wildman–Crippen LogP) is 4.74. The summed E-state index contributed by atoms with van der Waals surface area (Å²) in [5.41, 5.74) is 1.64. The summed E-state index contributed by atoms with van der Waals surface area (Å²) < 4.78 is 10.8. The van der Waals surface area contributed by atoms with E-state index in [0.717, 1.165) is 10.8 Å². The molecule has 2 aromatic carbocycles. The molecule has 0 atom stereocenters. The molecule has 28 heavy (non-hydrogen) atoms.